The summed E-state index contributed by atoms with van der Waals surface area (Å²) in [5, 5.41) is 2.68. The molecule has 0 N–H and O–H groups in total. The molecule has 1 amide bonds. The van der Waals surface area contributed by atoms with Crippen LogP contribution in [0.1, 0.15) is 24.8 Å². The fourth-order valence-corrected chi connectivity index (χ4v) is 6.11. The summed E-state index contributed by atoms with van der Waals surface area (Å²) in [4.78, 5) is 22.7. The van der Waals surface area contributed by atoms with Gasteiger partial charge in [-0.3, -0.25) is 14.6 Å². The van der Waals surface area contributed by atoms with E-state index in [9.17, 15) is 4.79 Å². The number of fused-ring (bicyclic) bond motifs is 1. The molecule has 0 saturated carbocycles. The maximum Gasteiger partial charge on any atom is 0.222 e. The van der Waals surface area contributed by atoms with Gasteiger partial charge in [0, 0.05) is 64.8 Å². The minimum absolute atomic E-state index is 0.347. The monoisotopic (exact) mass is 464 g/mol. The van der Waals surface area contributed by atoms with Crippen molar-refractivity contribution in [2.75, 3.05) is 72.6 Å². The zero-order valence-electron chi connectivity index (χ0n) is 20.7. The highest BCUT2D eigenvalue weighted by molar-refractivity contribution is 5.85. The molecular formula is C28H40N4O2. The van der Waals surface area contributed by atoms with Crippen LogP contribution in [0.5, 0.6) is 0 Å². The number of morpholine rings is 1. The molecule has 0 radical (unpaired) electrons. The molecule has 3 aliphatic heterocycles. The number of hydrogen-bond donors (Lipinski definition) is 0. The van der Waals surface area contributed by atoms with E-state index in [2.05, 4.69) is 69.1 Å². The van der Waals surface area contributed by atoms with Crippen LogP contribution < -0.4 is 0 Å². The molecule has 0 aromatic heterocycles. The Bertz CT molecular complexity index is 947. The second-order valence-electron chi connectivity index (χ2n) is 10.4. The largest absolute Gasteiger partial charge is 0.379 e. The van der Waals surface area contributed by atoms with Crippen molar-refractivity contribution in [3.63, 3.8) is 0 Å². The summed E-state index contributed by atoms with van der Waals surface area (Å²) < 4.78 is 5.64. The van der Waals surface area contributed by atoms with E-state index in [-0.39, 0.29) is 0 Å². The van der Waals surface area contributed by atoms with E-state index >= 15 is 0 Å². The molecule has 6 nitrogen and oxygen atoms in total. The van der Waals surface area contributed by atoms with Crippen LogP contribution >= 0.6 is 0 Å². The van der Waals surface area contributed by atoms with Crippen molar-refractivity contribution < 1.29 is 9.53 Å². The number of rotatable bonds is 6. The van der Waals surface area contributed by atoms with Crippen LogP contribution in [0.3, 0.4) is 0 Å². The second-order valence-corrected chi connectivity index (χ2v) is 10.4. The number of likely N-dealkylation sites (N-methyl/N-ethyl adjacent to an activating group) is 1. The van der Waals surface area contributed by atoms with E-state index < -0.39 is 0 Å². The predicted octanol–water partition coefficient (Wildman–Crippen LogP) is 2.92. The number of likely N-dealkylation sites (tertiary alicyclic amines) is 1. The third-order valence-corrected chi connectivity index (χ3v) is 8.15. The number of carbonyl (C=O) groups is 1. The van der Waals surface area contributed by atoms with Crippen molar-refractivity contribution in [3.05, 3.63) is 48.0 Å². The van der Waals surface area contributed by atoms with Gasteiger partial charge in [-0.2, -0.15) is 0 Å². The fraction of sp³-hybridized carbons (Fsp3) is 0.607. The molecule has 5 rings (SSSR count). The molecule has 0 aliphatic carbocycles. The number of carbonyl (C=O) groups excluding carboxylic acids is 1. The van der Waals surface area contributed by atoms with Crippen molar-refractivity contribution in [2.24, 2.45) is 5.92 Å². The Labute approximate surface area is 204 Å². The van der Waals surface area contributed by atoms with Gasteiger partial charge in [-0.05, 0) is 48.7 Å². The maximum absolute atomic E-state index is 13.0. The first-order valence-corrected chi connectivity index (χ1v) is 13.1. The molecular weight excluding hydrogens is 424 g/mol. The molecule has 3 heterocycles. The Kier molecular flexibility index (Phi) is 7.80. The summed E-state index contributed by atoms with van der Waals surface area (Å²) in [5.41, 5.74) is 1.41. The van der Waals surface area contributed by atoms with E-state index in [1.54, 1.807) is 0 Å². The first kappa shape index (κ1) is 23.7. The summed E-state index contributed by atoms with van der Waals surface area (Å²) in [6, 6.07) is 15.9. The fourth-order valence-electron chi connectivity index (χ4n) is 6.11. The molecule has 2 aromatic rings. The van der Waals surface area contributed by atoms with Gasteiger partial charge in [0.15, 0.2) is 0 Å². The SMILES string of the molecule is CN1CCN(C(=O)CC[C@@H]2CN(Cc3cccc4ccccc34)CC[C@@H]2N2CCOCC2)CC1. The van der Waals surface area contributed by atoms with E-state index in [1.807, 2.05) is 0 Å². The Hall–Kier alpha value is -1.99. The molecule has 184 valence electrons. The lowest BCUT2D eigenvalue weighted by Crippen LogP contribution is -2.54. The van der Waals surface area contributed by atoms with Gasteiger partial charge in [-0.15, -0.1) is 0 Å². The zero-order valence-corrected chi connectivity index (χ0v) is 20.7. The Morgan fingerprint density at radius 2 is 1.71 bits per heavy atom. The normalized spacial score (nSPS) is 25.6. The molecule has 6 heteroatoms. The lowest BCUT2D eigenvalue weighted by molar-refractivity contribution is -0.133. The predicted molar refractivity (Wildman–Crippen MR) is 137 cm³/mol. The van der Waals surface area contributed by atoms with Crippen molar-refractivity contribution in [1.29, 1.82) is 0 Å². The van der Waals surface area contributed by atoms with Gasteiger partial charge in [-0.25, -0.2) is 0 Å². The van der Waals surface area contributed by atoms with Crippen LogP contribution in [0, 0.1) is 5.92 Å². The van der Waals surface area contributed by atoms with Crippen molar-refractivity contribution in [3.8, 4) is 0 Å². The van der Waals surface area contributed by atoms with E-state index in [4.69, 9.17) is 4.74 Å². The molecule has 0 unspecified atom stereocenters. The van der Waals surface area contributed by atoms with Crippen LogP contribution in [0.15, 0.2) is 42.5 Å². The van der Waals surface area contributed by atoms with E-state index in [0.29, 0.717) is 24.3 Å². The number of piperidine rings is 1. The minimum atomic E-state index is 0.347. The van der Waals surface area contributed by atoms with Gasteiger partial charge in [0.2, 0.25) is 5.91 Å². The summed E-state index contributed by atoms with van der Waals surface area (Å²) in [7, 11) is 2.14. The van der Waals surface area contributed by atoms with Gasteiger partial charge >= 0.3 is 0 Å². The van der Waals surface area contributed by atoms with Crippen molar-refractivity contribution >= 4 is 16.7 Å². The van der Waals surface area contributed by atoms with E-state index in [0.717, 1.165) is 78.5 Å². The quantitative estimate of drug-likeness (QED) is 0.657. The zero-order chi connectivity index (χ0) is 23.3. The summed E-state index contributed by atoms with van der Waals surface area (Å²) in [6.07, 6.45) is 2.84. The first-order chi connectivity index (χ1) is 16.7. The average Bonchev–Trinajstić information content (AvgIpc) is 2.88. The van der Waals surface area contributed by atoms with Crippen LogP contribution in [0.2, 0.25) is 0 Å². The standard InChI is InChI=1S/C28H40N4O2/c1-29-13-15-32(16-14-29)28(33)10-9-25-22-30(12-11-27(25)31-17-19-34-20-18-31)21-24-7-4-6-23-5-2-3-8-26(23)24/h2-8,25,27H,9-22H2,1H3/t25-,27+/m1/s1. The number of hydrogen-bond acceptors (Lipinski definition) is 5. The number of benzene rings is 2. The number of ether oxygens (including phenoxy) is 1. The Balaban J connectivity index is 1.25. The Morgan fingerprint density at radius 3 is 2.53 bits per heavy atom. The second kappa shape index (κ2) is 11.2. The maximum atomic E-state index is 13.0. The first-order valence-electron chi connectivity index (χ1n) is 13.1. The van der Waals surface area contributed by atoms with Gasteiger partial charge in [0.25, 0.3) is 0 Å². The van der Waals surface area contributed by atoms with Gasteiger partial charge < -0.3 is 14.5 Å². The minimum Gasteiger partial charge on any atom is -0.379 e. The summed E-state index contributed by atoms with van der Waals surface area (Å²) in [6.45, 7) is 10.6. The lowest BCUT2D eigenvalue weighted by atomic mass is 9.86. The Morgan fingerprint density at radius 1 is 0.941 bits per heavy atom. The number of piperazine rings is 1. The molecule has 2 atom stereocenters. The summed E-state index contributed by atoms with van der Waals surface area (Å²) in [5.74, 6) is 0.873. The van der Waals surface area contributed by atoms with Crippen molar-refractivity contribution in [2.45, 2.75) is 31.8 Å². The van der Waals surface area contributed by atoms with Crippen LogP contribution in [-0.4, -0.2) is 104 Å². The number of nitrogens with zero attached hydrogens (tertiary/aromatic N) is 4. The van der Waals surface area contributed by atoms with Crippen LogP contribution in [0.4, 0.5) is 0 Å². The third kappa shape index (κ3) is 5.62. The van der Waals surface area contributed by atoms with Gasteiger partial charge in [0.05, 0.1) is 13.2 Å². The smallest absolute Gasteiger partial charge is 0.222 e. The molecule has 0 spiro atoms. The summed E-state index contributed by atoms with van der Waals surface area (Å²) >= 11 is 0. The molecule has 2 aromatic carbocycles. The van der Waals surface area contributed by atoms with Gasteiger partial charge in [-0.1, -0.05) is 42.5 Å². The van der Waals surface area contributed by atoms with Crippen LogP contribution in [-0.2, 0) is 16.1 Å². The molecule has 3 fully saturated rings. The average molecular weight is 465 g/mol. The topological polar surface area (TPSA) is 39.3 Å². The molecule has 34 heavy (non-hydrogen) atoms. The van der Waals surface area contributed by atoms with Crippen LogP contribution in [0.25, 0.3) is 10.8 Å². The highest BCUT2D eigenvalue weighted by Crippen LogP contribution is 2.29. The molecule has 0 bridgehead atoms. The van der Waals surface area contributed by atoms with E-state index in [1.165, 1.54) is 22.8 Å². The molecule has 3 aliphatic rings. The molecule has 3 saturated heterocycles. The van der Waals surface area contributed by atoms with Crippen molar-refractivity contribution in [1.82, 2.24) is 19.6 Å². The van der Waals surface area contributed by atoms with Gasteiger partial charge in [0.1, 0.15) is 0 Å². The highest BCUT2D eigenvalue weighted by Gasteiger charge is 2.34. The third-order valence-electron chi connectivity index (χ3n) is 8.15. The highest BCUT2D eigenvalue weighted by atomic mass is 16.5. The lowest BCUT2D eigenvalue weighted by Gasteiger charge is -2.45. The number of amides is 1.